The van der Waals surface area contributed by atoms with Gasteiger partial charge in [0.05, 0.1) is 48.4 Å². The van der Waals surface area contributed by atoms with Crippen molar-refractivity contribution in [2.75, 3.05) is 45.8 Å². The molecule has 0 radical (unpaired) electrons. The van der Waals surface area contributed by atoms with Gasteiger partial charge in [0.2, 0.25) is 0 Å². The van der Waals surface area contributed by atoms with E-state index in [1.807, 2.05) is 39.8 Å². The summed E-state index contributed by atoms with van der Waals surface area (Å²) < 4.78 is 165. The second-order valence-corrected chi connectivity index (χ2v) is 24.6. The fraction of sp³-hybridized carbons (Fsp3) is 0.548. The third kappa shape index (κ3) is 17.0. The number of alkyl halides is 12. The zero-order valence-corrected chi connectivity index (χ0v) is 52.6. The SMILES string of the molecule is Cc1cc(C)c2c(c1)[C@@H](N(Cc1cc(C(F)(F)F)cc(C(F)(F)F)c1)c1nnn(C)n1)CCCN2C[C@H]1CC[C@H](C(=O)[O-])CC1.Cc1cc(C)c2c(c1)[C@@H](N(Cc1cc(C(F)(F)F)cc(C(F)(F)F)c1)c1nnn(C)n1)CCCN2C[C@H]1CC[C@H](C(=O)[O-])CC1.[Mg+2]. The van der Waals surface area contributed by atoms with Crippen LogP contribution in [0.2, 0.25) is 0 Å². The van der Waals surface area contributed by atoms with E-state index in [2.05, 4.69) is 52.8 Å². The van der Waals surface area contributed by atoms with Gasteiger partial charge in [0.1, 0.15) is 0 Å². The number of halogens is 12. The number of aromatic nitrogens is 8. The molecule has 2 atom stereocenters. The average Bonchev–Trinajstić information content (AvgIpc) is 1.82. The Bertz CT molecular complexity index is 3230. The van der Waals surface area contributed by atoms with Crippen LogP contribution in [0.4, 0.5) is 76.0 Å². The first-order valence-corrected chi connectivity index (χ1v) is 29.9. The molecule has 16 nitrogen and oxygen atoms in total. The minimum absolute atomic E-state index is 0. The zero-order chi connectivity index (χ0) is 65.4. The van der Waals surface area contributed by atoms with Crippen molar-refractivity contribution in [3.05, 3.63) is 127 Å². The topological polar surface area (TPSA) is 180 Å². The van der Waals surface area contributed by atoms with Crippen LogP contribution in [0.25, 0.3) is 0 Å². The second kappa shape index (κ2) is 28.1. The maximum Gasteiger partial charge on any atom is 2.00 e. The summed E-state index contributed by atoms with van der Waals surface area (Å²) in [5.41, 5.74) is 1.68. The van der Waals surface area contributed by atoms with Crippen molar-refractivity contribution < 1.29 is 72.5 Å². The summed E-state index contributed by atoms with van der Waals surface area (Å²) in [6.45, 7) is 9.98. The van der Waals surface area contributed by atoms with Crippen LogP contribution in [0, 0.1) is 51.4 Å². The van der Waals surface area contributed by atoms with Crippen LogP contribution in [0.5, 0.6) is 0 Å². The van der Waals surface area contributed by atoms with Crippen LogP contribution < -0.4 is 29.8 Å². The van der Waals surface area contributed by atoms with Gasteiger partial charge in [-0.25, -0.2) is 0 Å². The molecule has 488 valence electrons. The van der Waals surface area contributed by atoms with Gasteiger partial charge >= 0.3 is 47.8 Å². The summed E-state index contributed by atoms with van der Waals surface area (Å²) in [5, 5.41) is 47.4. The van der Waals surface area contributed by atoms with E-state index in [-0.39, 0.29) is 83.1 Å². The summed E-state index contributed by atoms with van der Waals surface area (Å²) in [5.74, 6) is -2.17. The summed E-state index contributed by atoms with van der Waals surface area (Å²) in [4.78, 5) is 33.0. The van der Waals surface area contributed by atoms with Crippen LogP contribution >= 0.6 is 0 Å². The molecule has 2 fully saturated rings. The number of fused-ring (bicyclic) bond motifs is 2. The van der Waals surface area contributed by atoms with E-state index in [1.54, 1.807) is 9.80 Å². The maximum atomic E-state index is 13.7. The summed E-state index contributed by atoms with van der Waals surface area (Å²) in [7, 11) is 3.07. The number of aryl methyl sites for hydroxylation is 6. The first-order valence-electron chi connectivity index (χ1n) is 29.9. The molecule has 29 heteroatoms. The Morgan fingerprint density at radius 3 is 1.08 bits per heavy atom. The first kappa shape index (κ1) is 70.0. The quantitative estimate of drug-likeness (QED) is 0.0742. The van der Waals surface area contributed by atoms with Gasteiger partial charge in [0.25, 0.3) is 11.9 Å². The summed E-state index contributed by atoms with van der Waals surface area (Å²) in [6, 6.07) is 10.4. The van der Waals surface area contributed by atoms with E-state index >= 15 is 0 Å². The number of carboxylic acids is 2. The fourth-order valence-corrected chi connectivity index (χ4v) is 13.7. The van der Waals surface area contributed by atoms with Crippen molar-refractivity contribution in [1.29, 1.82) is 0 Å². The molecule has 4 aromatic carbocycles. The van der Waals surface area contributed by atoms with Crippen LogP contribution in [0.1, 0.15) is 156 Å². The Balaban J connectivity index is 0.000000232. The van der Waals surface area contributed by atoms with Gasteiger partial charge < -0.3 is 39.4 Å². The van der Waals surface area contributed by atoms with Crippen molar-refractivity contribution >= 4 is 58.3 Å². The number of aliphatic carboxylic acids is 2. The van der Waals surface area contributed by atoms with E-state index in [0.717, 1.165) is 94.7 Å². The molecule has 4 aliphatic rings. The molecule has 10 rings (SSSR count). The average molecular weight is 1300 g/mol. The predicted octanol–water partition coefficient (Wildman–Crippen LogP) is 11.2. The Morgan fingerprint density at radius 1 is 0.484 bits per heavy atom. The van der Waals surface area contributed by atoms with Crippen molar-refractivity contribution in [2.24, 2.45) is 37.8 Å². The number of carbonyl (C=O) groups excluding carboxylic acids is 2. The molecule has 4 heterocycles. The molecule has 91 heavy (non-hydrogen) atoms. The Labute approximate surface area is 534 Å². The summed E-state index contributed by atoms with van der Waals surface area (Å²) in [6.07, 6.45) is -12.2. The van der Waals surface area contributed by atoms with Crippen molar-refractivity contribution in [3.8, 4) is 0 Å². The van der Waals surface area contributed by atoms with E-state index < -0.39 is 82.8 Å². The van der Waals surface area contributed by atoms with Gasteiger partial charge in [-0.3, -0.25) is 0 Å². The second-order valence-electron chi connectivity index (χ2n) is 24.6. The molecule has 2 aromatic heterocycles. The smallest absolute Gasteiger partial charge is 0.550 e. The van der Waals surface area contributed by atoms with Crippen LogP contribution in [-0.4, -0.2) is 102 Å². The maximum absolute atomic E-state index is 13.7. The van der Waals surface area contributed by atoms with Crippen LogP contribution in [0.15, 0.2) is 60.7 Å². The third-order valence-electron chi connectivity index (χ3n) is 17.7. The molecule has 0 unspecified atom stereocenters. The predicted molar refractivity (Wildman–Crippen MR) is 310 cm³/mol. The number of hydrogen-bond donors (Lipinski definition) is 0. The number of nitrogens with zero attached hydrogens (tertiary/aromatic N) is 12. The molecule has 0 amide bonds. The molecule has 2 saturated carbocycles. The Hall–Kier alpha value is -6.91. The normalized spacial score (nSPS) is 20.7. The minimum atomic E-state index is -4.98. The van der Waals surface area contributed by atoms with Gasteiger partial charge in [-0.05, 0) is 209 Å². The number of hydrogen-bond acceptors (Lipinski definition) is 14. The molecule has 0 spiro atoms. The molecule has 6 aromatic rings. The van der Waals surface area contributed by atoms with Gasteiger partial charge in [-0.1, -0.05) is 45.6 Å². The zero-order valence-electron chi connectivity index (χ0n) is 51.2. The largest absolute Gasteiger partial charge is 2.00 e. The molecule has 0 saturated heterocycles. The van der Waals surface area contributed by atoms with E-state index in [1.165, 1.54) is 23.7 Å². The molecular formula is C62H70F12MgN12O4. The number of anilines is 4. The number of rotatable bonds is 14. The molecule has 2 aliphatic heterocycles. The number of carboxylic acid groups (broad SMARTS) is 2. The van der Waals surface area contributed by atoms with E-state index in [4.69, 9.17) is 0 Å². The van der Waals surface area contributed by atoms with Crippen molar-refractivity contribution in [1.82, 2.24) is 40.4 Å². The fourth-order valence-electron chi connectivity index (χ4n) is 13.7. The monoisotopic (exact) mass is 1300 g/mol. The standard InChI is InChI=1S/2C31H36F6N6O2.Mg/c2*1-18-11-19(2)27-25(12-18)26(5-4-10-42(27)16-20-6-8-22(9-7-20)28(44)45)43(29-38-40-41(3)39-29)17-21-13-23(30(32,33)34)15-24(14-21)31(35,36)37;/h2*11-15,20,22,26H,4-10,16-17H2,1-3H3,(H,44,45);/q;;+2/p-2/t2*20-,22-,26-;/m00./s1. The van der Waals surface area contributed by atoms with Gasteiger partial charge in [-0.15, -0.1) is 10.2 Å². The summed E-state index contributed by atoms with van der Waals surface area (Å²) >= 11 is 0. The first-order chi connectivity index (χ1) is 42.2. The Morgan fingerprint density at radius 2 is 0.802 bits per heavy atom. The number of tetrazole rings is 2. The Kier molecular flexibility index (Phi) is 21.6. The molecule has 0 bridgehead atoms. The van der Waals surface area contributed by atoms with Crippen molar-refractivity contribution in [3.63, 3.8) is 0 Å². The van der Waals surface area contributed by atoms with Gasteiger partial charge in [0.15, 0.2) is 0 Å². The van der Waals surface area contributed by atoms with Gasteiger partial charge in [0, 0.05) is 62.6 Å². The van der Waals surface area contributed by atoms with E-state index in [9.17, 15) is 72.5 Å². The van der Waals surface area contributed by atoms with E-state index in [0.29, 0.717) is 77.5 Å². The number of carbonyl (C=O) groups is 2. The molecule has 2 aliphatic carbocycles. The van der Waals surface area contributed by atoms with Crippen LogP contribution in [-0.2, 0) is 61.5 Å². The molecule has 0 N–H and O–H groups in total. The number of benzene rings is 4. The third-order valence-corrected chi connectivity index (χ3v) is 17.7. The van der Waals surface area contributed by atoms with Crippen molar-refractivity contribution in [2.45, 2.75) is 155 Å². The van der Waals surface area contributed by atoms with Gasteiger partial charge in [-0.2, -0.15) is 62.3 Å². The van der Waals surface area contributed by atoms with Crippen LogP contribution in [0.3, 0.4) is 0 Å². The molecular weight excluding hydrogens is 1230 g/mol. The minimum Gasteiger partial charge on any atom is -0.550 e.